The van der Waals surface area contributed by atoms with Crippen molar-refractivity contribution in [1.29, 1.82) is 5.26 Å². The van der Waals surface area contributed by atoms with Crippen molar-refractivity contribution in [3.8, 4) is 11.8 Å². The van der Waals surface area contributed by atoms with Crippen LogP contribution in [0, 0.1) is 11.3 Å². The molecular weight excluding hydrogens is 451 g/mol. The molecule has 164 valence electrons. The van der Waals surface area contributed by atoms with Crippen LogP contribution in [0.4, 0.5) is 22.0 Å². The highest BCUT2D eigenvalue weighted by Gasteiger charge is 2.30. The lowest BCUT2D eigenvalue weighted by Gasteiger charge is -2.19. The van der Waals surface area contributed by atoms with Crippen molar-refractivity contribution in [3.05, 3.63) is 68.3 Å². The van der Waals surface area contributed by atoms with Crippen LogP contribution in [0.3, 0.4) is 0 Å². The van der Waals surface area contributed by atoms with Crippen LogP contribution >= 0.6 is 11.6 Å². The first-order valence-corrected chi connectivity index (χ1v) is 8.57. The fourth-order valence-electron chi connectivity index (χ4n) is 2.30. The molecule has 0 aliphatic heterocycles. The van der Waals surface area contributed by atoms with E-state index in [1.54, 1.807) is 6.07 Å². The van der Waals surface area contributed by atoms with Gasteiger partial charge in [-0.15, -0.1) is 0 Å². The SMILES string of the molecule is CN(Cc1cc(C(F)F)n[nH]c1=O)C(=O)/C(=C/C(F)(F)F)Oc1cc(Cl)cc(C#N)c1. The minimum Gasteiger partial charge on any atom is -0.451 e. The minimum absolute atomic E-state index is 0.0240. The number of nitriles is 1. The summed E-state index contributed by atoms with van der Waals surface area (Å²) in [5, 5.41) is 13.9. The average Bonchev–Trinajstić information content (AvgIpc) is 2.66. The number of nitrogens with zero attached hydrogens (tertiary/aromatic N) is 3. The number of aromatic nitrogens is 2. The number of hydrogen-bond donors (Lipinski definition) is 1. The fourth-order valence-corrected chi connectivity index (χ4v) is 2.53. The lowest BCUT2D eigenvalue weighted by atomic mass is 10.2. The van der Waals surface area contributed by atoms with Crippen LogP contribution in [0.2, 0.25) is 5.02 Å². The van der Waals surface area contributed by atoms with Crippen LogP contribution in [0.15, 0.2) is 40.9 Å². The molecular formula is C18H12ClF5N4O3. The van der Waals surface area contributed by atoms with E-state index in [0.29, 0.717) is 4.90 Å². The molecule has 0 saturated carbocycles. The van der Waals surface area contributed by atoms with Crippen molar-refractivity contribution in [2.45, 2.75) is 19.1 Å². The third-order valence-electron chi connectivity index (χ3n) is 3.61. The molecule has 2 aromatic rings. The molecule has 0 aliphatic rings. The summed E-state index contributed by atoms with van der Waals surface area (Å²) in [6.07, 6.45) is -8.39. The summed E-state index contributed by atoms with van der Waals surface area (Å²) < 4.78 is 69.4. The quantitative estimate of drug-likeness (QED) is 0.401. The predicted molar refractivity (Wildman–Crippen MR) is 97.2 cm³/mol. The van der Waals surface area contributed by atoms with Gasteiger partial charge in [0.2, 0.25) is 0 Å². The molecule has 0 fully saturated rings. The summed E-state index contributed by atoms with van der Waals surface area (Å²) in [4.78, 5) is 25.0. The monoisotopic (exact) mass is 462 g/mol. The molecule has 0 radical (unpaired) electrons. The topological polar surface area (TPSA) is 99.1 Å². The van der Waals surface area contributed by atoms with Crippen LogP contribution in [-0.2, 0) is 11.3 Å². The second-order valence-corrected chi connectivity index (χ2v) is 6.49. The van der Waals surface area contributed by atoms with Crippen LogP contribution in [0.1, 0.15) is 23.2 Å². The van der Waals surface area contributed by atoms with Crippen molar-refractivity contribution in [2.24, 2.45) is 0 Å². The Hall–Kier alpha value is -3.46. The first-order valence-electron chi connectivity index (χ1n) is 8.20. The number of ether oxygens (including phenoxy) is 1. The largest absolute Gasteiger partial charge is 0.451 e. The van der Waals surface area contributed by atoms with Gasteiger partial charge in [0.15, 0.2) is 5.76 Å². The van der Waals surface area contributed by atoms with E-state index in [9.17, 15) is 31.5 Å². The first kappa shape index (κ1) is 23.8. The fraction of sp³-hybridized carbons (Fsp3) is 0.222. The maximum Gasteiger partial charge on any atom is 0.413 e. The van der Waals surface area contributed by atoms with E-state index >= 15 is 0 Å². The Bertz CT molecular complexity index is 1110. The molecule has 1 aromatic carbocycles. The summed E-state index contributed by atoms with van der Waals surface area (Å²) in [6, 6.07) is 5.84. The van der Waals surface area contributed by atoms with Crippen LogP contribution in [0.5, 0.6) is 5.75 Å². The number of benzene rings is 1. The highest BCUT2D eigenvalue weighted by Crippen LogP contribution is 2.26. The number of allylic oxidation sites excluding steroid dienone is 1. The van der Waals surface area contributed by atoms with Gasteiger partial charge < -0.3 is 9.64 Å². The standard InChI is InChI=1S/C18H12ClF5N4O3/c1-28(8-10-4-13(15(20)21)26-27-16(10)29)17(30)14(6-18(22,23)24)31-12-3-9(7-25)2-11(19)5-12/h2-6,15H,8H2,1H3,(H,27,29)/b14-6-. The molecule has 7 nitrogen and oxygen atoms in total. The molecule has 0 unspecified atom stereocenters. The predicted octanol–water partition coefficient (Wildman–Crippen LogP) is 3.72. The summed E-state index contributed by atoms with van der Waals surface area (Å²) >= 11 is 5.78. The van der Waals surface area contributed by atoms with Crippen LogP contribution < -0.4 is 10.3 Å². The van der Waals surface area contributed by atoms with Crippen molar-refractivity contribution in [3.63, 3.8) is 0 Å². The Labute approximate surface area is 176 Å². The van der Waals surface area contributed by atoms with Gasteiger partial charge in [0.25, 0.3) is 17.9 Å². The average molecular weight is 463 g/mol. The number of halogens is 6. The first-order chi connectivity index (χ1) is 14.4. The van der Waals surface area contributed by atoms with Crippen molar-refractivity contribution < 1.29 is 31.5 Å². The lowest BCUT2D eigenvalue weighted by Crippen LogP contribution is -2.33. The highest BCUT2D eigenvalue weighted by molar-refractivity contribution is 6.30. The summed E-state index contributed by atoms with van der Waals surface area (Å²) in [5.74, 6) is -2.82. The Kier molecular flexibility index (Phi) is 7.35. The van der Waals surface area contributed by atoms with Gasteiger partial charge in [-0.05, 0) is 24.3 Å². The number of aromatic amines is 1. The molecule has 1 amide bonds. The second-order valence-electron chi connectivity index (χ2n) is 6.05. The second kappa shape index (κ2) is 9.57. The van der Waals surface area contributed by atoms with E-state index in [0.717, 1.165) is 25.2 Å². The number of likely N-dealkylation sites (N-methyl/N-ethyl adjacent to an activating group) is 1. The van der Waals surface area contributed by atoms with Gasteiger partial charge in [0, 0.05) is 17.6 Å². The smallest absolute Gasteiger partial charge is 0.413 e. The van der Waals surface area contributed by atoms with E-state index in [2.05, 4.69) is 5.10 Å². The Morgan fingerprint density at radius 2 is 2.03 bits per heavy atom. The zero-order chi connectivity index (χ0) is 23.3. The molecule has 31 heavy (non-hydrogen) atoms. The van der Waals surface area contributed by atoms with Gasteiger partial charge in [-0.25, -0.2) is 13.9 Å². The Morgan fingerprint density at radius 1 is 1.35 bits per heavy atom. The third kappa shape index (κ3) is 6.78. The van der Waals surface area contributed by atoms with Crippen LogP contribution in [0.25, 0.3) is 0 Å². The number of carbonyl (C=O) groups is 1. The zero-order valence-corrected chi connectivity index (χ0v) is 16.3. The number of amides is 1. The van der Waals surface area contributed by atoms with Crippen molar-refractivity contribution in [1.82, 2.24) is 15.1 Å². The highest BCUT2D eigenvalue weighted by atomic mass is 35.5. The molecule has 0 aliphatic carbocycles. The number of alkyl halides is 5. The molecule has 0 spiro atoms. The molecule has 1 N–H and O–H groups in total. The van der Waals surface area contributed by atoms with Gasteiger partial charge in [-0.2, -0.15) is 23.5 Å². The minimum atomic E-state index is -4.96. The third-order valence-corrected chi connectivity index (χ3v) is 3.83. The molecule has 1 aromatic heterocycles. The van der Waals surface area contributed by atoms with E-state index in [-0.39, 0.29) is 21.9 Å². The maximum absolute atomic E-state index is 12.9. The number of H-pyrrole nitrogens is 1. The molecule has 0 bridgehead atoms. The van der Waals surface area contributed by atoms with Gasteiger partial charge >= 0.3 is 6.18 Å². The van der Waals surface area contributed by atoms with Gasteiger partial charge in [0.1, 0.15) is 11.4 Å². The van der Waals surface area contributed by atoms with Gasteiger partial charge in [0.05, 0.1) is 24.3 Å². The Balaban J connectivity index is 2.35. The van der Waals surface area contributed by atoms with E-state index in [1.807, 2.05) is 5.10 Å². The van der Waals surface area contributed by atoms with Crippen molar-refractivity contribution in [2.75, 3.05) is 7.05 Å². The number of hydrogen-bond acceptors (Lipinski definition) is 5. The molecule has 1 heterocycles. The Morgan fingerprint density at radius 3 is 2.61 bits per heavy atom. The van der Waals surface area contributed by atoms with E-state index in [4.69, 9.17) is 21.6 Å². The number of carbonyl (C=O) groups excluding carboxylic acids is 1. The molecule has 0 atom stereocenters. The number of rotatable bonds is 6. The summed E-state index contributed by atoms with van der Waals surface area (Å²) in [7, 11) is 1.04. The number of nitrogens with one attached hydrogen (secondary N) is 1. The van der Waals surface area contributed by atoms with Gasteiger partial charge in [-0.3, -0.25) is 9.59 Å². The van der Waals surface area contributed by atoms with Crippen LogP contribution in [-0.4, -0.2) is 34.2 Å². The molecule has 13 heteroatoms. The summed E-state index contributed by atoms with van der Waals surface area (Å²) in [5.41, 5.74) is -2.04. The van der Waals surface area contributed by atoms with Gasteiger partial charge in [-0.1, -0.05) is 11.6 Å². The van der Waals surface area contributed by atoms with E-state index < -0.39 is 48.1 Å². The van der Waals surface area contributed by atoms with Crippen molar-refractivity contribution >= 4 is 17.5 Å². The molecule has 2 rings (SSSR count). The maximum atomic E-state index is 12.9. The zero-order valence-electron chi connectivity index (χ0n) is 15.5. The normalized spacial score (nSPS) is 11.9. The lowest BCUT2D eigenvalue weighted by molar-refractivity contribution is -0.130. The molecule has 0 saturated heterocycles. The van der Waals surface area contributed by atoms with E-state index in [1.165, 1.54) is 6.07 Å². The summed E-state index contributed by atoms with van der Waals surface area (Å²) in [6.45, 7) is -0.617.